The summed E-state index contributed by atoms with van der Waals surface area (Å²) in [5.74, 6) is 1.87. The lowest BCUT2D eigenvalue weighted by atomic mass is 9.99. The maximum atomic E-state index is 5.54. The van der Waals surface area contributed by atoms with Crippen LogP contribution in [0.15, 0.2) is 60.7 Å². The van der Waals surface area contributed by atoms with Crippen LogP contribution in [0.3, 0.4) is 0 Å². The molecule has 25 heavy (non-hydrogen) atoms. The molecule has 0 atom stereocenters. The first-order valence-corrected chi connectivity index (χ1v) is 8.10. The highest BCUT2D eigenvalue weighted by Gasteiger charge is 2.16. The minimum absolute atomic E-state index is 0.597. The molecule has 3 aromatic carbocycles. The maximum Gasteiger partial charge on any atom is 0.203 e. The van der Waals surface area contributed by atoms with E-state index in [1.165, 1.54) is 16.7 Å². The van der Waals surface area contributed by atoms with E-state index in [1.54, 1.807) is 27.4 Å². The van der Waals surface area contributed by atoms with E-state index in [-0.39, 0.29) is 0 Å². The smallest absolute Gasteiger partial charge is 0.203 e. The molecule has 127 valence electrons. The third-order valence-electron chi connectivity index (χ3n) is 4.15. The topological polar surface area (TPSA) is 27.7 Å². The molecule has 1 radical (unpaired) electrons. The van der Waals surface area contributed by atoms with Crippen LogP contribution in [-0.2, 0) is 6.42 Å². The van der Waals surface area contributed by atoms with Gasteiger partial charge in [-0.05, 0) is 28.8 Å². The Morgan fingerprint density at radius 3 is 1.96 bits per heavy atom. The summed E-state index contributed by atoms with van der Waals surface area (Å²) in [6.45, 7) is 0. The van der Waals surface area contributed by atoms with Gasteiger partial charge in [-0.1, -0.05) is 54.6 Å². The van der Waals surface area contributed by atoms with Crippen molar-refractivity contribution >= 4 is 0 Å². The lowest BCUT2D eigenvalue weighted by molar-refractivity contribution is 0.322. The van der Waals surface area contributed by atoms with Gasteiger partial charge in [-0.3, -0.25) is 0 Å². The van der Waals surface area contributed by atoms with Crippen molar-refractivity contribution in [2.45, 2.75) is 6.42 Å². The molecule has 3 rings (SSSR count). The van der Waals surface area contributed by atoms with Gasteiger partial charge in [-0.15, -0.1) is 0 Å². The van der Waals surface area contributed by atoms with E-state index in [0.29, 0.717) is 23.7 Å². The van der Waals surface area contributed by atoms with Crippen molar-refractivity contribution in [1.82, 2.24) is 0 Å². The summed E-state index contributed by atoms with van der Waals surface area (Å²) in [4.78, 5) is 0. The number of benzene rings is 3. The molecule has 0 aliphatic carbocycles. The first-order chi connectivity index (χ1) is 12.3. The van der Waals surface area contributed by atoms with Crippen LogP contribution in [0.5, 0.6) is 17.2 Å². The van der Waals surface area contributed by atoms with Crippen LogP contribution < -0.4 is 14.2 Å². The Morgan fingerprint density at radius 2 is 1.36 bits per heavy atom. The molecule has 3 heteroatoms. The zero-order valence-electron chi connectivity index (χ0n) is 14.7. The molecule has 3 aromatic rings. The largest absolute Gasteiger partial charge is 0.493 e. The predicted molar refractivity (Wildman–Crippen MR) is 99.6 cm³/mol. The van der Waals surface area contributed by atoms with E-state index in [0.717, 1.165) is 5.56 Å². The Bertz CT molecular complexity index is 824. The van der Waals surface area contributed by atoms with Gasteiger partial charge in [0.25, 0.3) is 0 Å². The molecule has 0 aliphatic heterocycles. The van der Waals surface area contributed by atoms with Gasteiger partial charge in [0, 0.05) is 12.0 Å². The van der Waals surface area contributed by atoms with Crippen molar-refractivity contribution in [3.63, 3.8) is 0 Å². The predicted octanol–water partition coefficient (Wildman–Crippen LogP) is 4.77. The Kier molecular flexibility index (Phi) is 5.24. The van der Waals surface area contributed by atoms with Crippen LogP contribution in [0, 0.1) is 6.07 Å². The first kappa shape index (κ1) is 16.9. The molecule has 0 heterocycles. The standard InChI is InChI=1S/C22H21O3/c1-23-20-14-13-19(21(24-2)22(20)25-3)15-16-9-11-18(12-10-16)17-7-5-4-6-8-17/h4-12,14H,15H2,1-3H3. The molecule has 0 bridgehead atoms. The molecule has 0 unspecified atom stereocenters. The zero-order chi connectivity index (χ0) is 17.6. The highest BCUT2D eigenvalue weighted by molar-refractivity contribution is 5.63. The van der Waals surface area contributed by atoms with Crippen LogP contribution >= 0.6 is 0 Å². The third-order valence-corrected chi connectivity index (χ3v) is 4.15. The molecule has 0 saturated carbocycles. The van der Waals surface area contributed by atoms with Crippen LogP contribution in [-0.4, -0.2) is 21.3 Å². The third kappa shape index (κ3) is 3.61. The van der Waals surface area contributed by atoms with Gasteiger partial charge in [0.15, 0.2) is 11.5 Å². The fraction of sp³-hybridized carbons (Fsp3) is 0.182. The fourth-order valence-corrected chi connectivity index (χ4v) is 2.87. The number of methoxy groups -OCH3 is 3. The summed E-state index contributed by atoms with van der Waals surface area (Å²) in [7, 11) is 4.85. The number of rotatable bonds is 6. The molecular formula is C22H21O3. The fourth-order valence-electron chi connectivity index (χ4n) is 2.87. The van der Waals surface area contributed by atoms with Gasteiger partial charge in [-0.25, -0.2) is 0 Å². The van der Waals surface area contributed by atoms with Crippen molar-refractivity contribution in [2.75, 3.05) is 21.3 Å². The van der Waals surface area contributed by atoms with Gasteiger partial charge < -0.3 is 14.2 Å². The van der Waals surface area contributed by atoms with Crippen LogP contribution in [0.1, 0.15) is 11.1 Å². The van der Waals surface area contributed by atoms with E-state index >= 15 is 0 Å². The normalized spacial score (nSPS) is 10.4. The van der Waals surface area contributed by atoms with Gasteiger partial charge >= 0.3 is 0 Å². The average Bonchev–Trinajstić information content (AvgIpc) is 2.68. The molecule has 3 nitrogen and oxygen atoms in total. The number of ether oxygens (including phenoxy) is 3. The quantitative estimate of drug-likeness (QED) is 0.650. The van der Waals surface area contributed by atoms with E-state index in [1.807, 2.05) is 18.2 Å². The molecule has 0 spiro atoms. The summed E-state index contributed by atoms with van der Waals surface area (Å²) < 4.78 is 16.3. The summed E-state index contributed by atoms with van der Waals surface area (Å²) >= 11 is 0. The highest BCUT2D eigenvalue weighted by atomic mass is 16.5. The Balaban J connectivity index is 1.87. The van der Waals surface area contributed by atoms with Crippen LogP contribution in [0.25, 0.3) is 11.1 Å². The van der Waals surface area contributed by atoms with Gasteiger partial charge in [-0.2, -0.15) is 0 Å². The molecule has 0 N–H and O–H groups in total. The van der Waals surface area contributed by atoms with Crippen molar-refractivity contribution < 1.29 is 14.2 Å². The highest BCUT2D eigenvalue weighted by Crippen LogP contribution is 2.40. The van der Waals surface area contributed by atoms with Crippen molar-refractivity contribution in [1.29, 1.82) is 0 Å². The van der Waals surface area contributed by atoms with E-state index < -0.39 is 0 Å². The number of hydrogen-bond donors (Lipinski definition) is 0. The van der Waals surface area contributed by atoms with Gasteiger partial charge in [0.2, 0.25) is 5.75 Å². The summed E-state index contributed by atoms with van der Waals surface area (Å²) in [6, 6.07) is 23.9. The second kappa shape index (κ2) is 7.75. The molecule has 0 aliphatic rings. The van der Waals surface area contributed by atoms with Crippen molar-refractivity contribution in [2.24, 2.45) is 0 Å². The monoisotopic (exact) mass is 333 g/mol. The van der Waals surface area contributed by atoms with Crippen molar-refractivity contribution in [3.8, 4) is 28.4 Å². The second-order valence-corrected chi connectivity index (χ2v) is 5.64. The molecule has 0 amide bonds. The van der Waals surface area contributed by atoms with Gasteiger partial charge in [0.1, 0.15) is 0 Å². The Hall–Kier alpha value is -2.94. The van der Waals surface area contributed by atoms with Gasteiger partial charge in [0.05, 0.1) is 21.3 Å². The first-order valence-electron chi connectivity index (χ1n) is 8.10. The minimum Gasteiger partial charge on any atom is -0.493 e. The lowest BCUT2D eigenvalue weighted by Crippen LogP contribution is -2.00. The molecular weight excluding hydrogens is 312 g/mol. The van der Waals surface area contributed by atoms with E-state index in [2.05, 4.69) is 42.5 Å². The second-order valence-electron chi connectivity index (χ2n) is 5.64. The lowest BCUT2D eigenvalue weighted by Gasteiger charge is -2.15. The number of hydrogen-bond acceptors (Lipinski definition) is 3. The average molecular weight is 333 g/mol. The SMILES string of the molecule is COc1c[c]c(Cc2ccc(-c3ccccc3)cc2)c(OC)c1OC. The maximum absolute atomic E-state index is 5.54. The van der Waals surface area contributed by atoms with Crippen LogP contribution in [0.2, 0.25) is 0 Å². The Labute approximate surface area is 148 Å². The summed E-state index contributed by atoms with van der Waals surface area (Å²) in [5, 5.41) is 0. The summed E-state index contributed by atoms with van der Waals surface area (Å²) in [5.41, 5.74) is 4.53. The molecule has 0 saturated heterocycles. The van der Waals surface area contributed by atoms with E-state index in [4.69, 9.17) is 14.2 Å². The van der Waals surface area contributed by atoms with Crippen molar-refractivity contribution in [3.05, 3.63) is 77.9 Å². The minimum atomic E-state index is 0.597. The Morgan fingerprint density at radius 1 is 0.720 bits per heavy atom. The summed E-state index contributed by atoms with van der Waals surface area (Å²) in [6.07, 6.45) is 0.707. The van der Waals surface area contributed by atoms with E-state index in [9.17, 15) is 0 Å². The zero-order valence-corrected chi connectivity index (χ0v) is 14.7. The van der Waals surface area contributed by atoms with Crippen LogP contribution in [0.4, 0.5) is 0 Å². The molecule has 0 aromatic heterocycles. The molecule has 0 fully saturated rings.